The van der Waals surface area contributed by atoms with Crippen molar-refractivity contribution in [3.8, 4) is 5.75 Å². The van der Waals surface area contributed by atoms with E-state index in [4.69, 9.17) is 14.0 Å². The van der Waals surface area contributed by atoms with Crippen molar-refractivity contribution in [1.82, 2.24) is 0 Å². The van der Waals surface area contributed by atoms with Gasteiger partial charge in [0.2, 0.25) is 0 Å². The van der Waals surface area contributed by atoms with E-state index in [9.17, 15) is 39.6 Å². The number of carbonyl (C=O) groups excluding carboxylic acids is 1. The second-order valence-corrected chi connectivity index (χ2v) is 12.4. The number of esters is 1. The maximum Gasteiger partial charge on any atom is 0.466 e. The second-order valence-electron chi connectivity index (χ2n) is 8.93. The summed E-state index contributed by atoms with van der Waals surface area (Å²) in [7, 11) is -7.03. The van der Waals surface area contributed by atoms with E-state index in [2.05, 4.69) is 4.74 Å². The Morgan fingerprint density at radius 1 is 0.854 bits per heavy atom. The SMILES string of the molecule is CC1(c2cccc([S+](c3ccccc3)c3ccc(OC(=O)C(F)(F)S(=O)(=O)O)cc3)c2)OCC(F)(F)C(F)(F)CO1. The number of alkyl halides is 6. The maximum absolute atomic E-state index is 13.9. The Balaban J connectivity index is 1.68. The summed E-state index contributed by atoms with van der Waals surface area (Å²) in [6.45, 7) is -1.92. The summed E-state index contributed by atoms with van der Waals surface area (Å²) < 4.78 is 128. The Morgan fingerprint density at radius 3 is 1.90 bits per heavy atom. The summed E-state index contributed by atoms with van der Waals surface area (Å²) in [6, 6.07) is 20.1. The number of ether oxygens (including phenoxy) is 3. The molecule has 0 aliphatic carbocycles. The highest BCUT2D eigenvalue weighted by molar-refractivity contribution is 7.97. The van der Waals surface area contributed by atoms with E-state index in [1.165, 1.54) is 31.2 Å². The van der Waals surface area contributed by atoms with Gasteiger partial charge in [-0.1, -0.05) is 30.3 Å². The predicted octanol–water partition coefficient (Wildman–Crippen LogP) is 5.66. The zero-order valence-corrected chi connectivity index (χ0v) is 22.5. The fraction of sp³-hybridized carbons (Fsp3) is 0.269. The lowest BCUT2D eigenvalue weighted by Crippen LogP contribution is -2.45. The first-order valence-corrected chi connectivity index (χ1v) is 14.2. The fourth-order valence-electron chi connectivity index (χ4n) is 3.66. The van der Waals surface area contributed by atoms with Gasteiger partial charge in [0.1, 0.15) is 19.0 Å². The Morgan fingerprint density at radius 2 is 1.37 bits per heavy atom. The minimum absolute atomic E-state index is 0.176. The van der Waals surface area contributed by atoms with Crippen LogP contribution in [0.15, 0.2) is 93.5 Å². The molecular formula is C26H21F6O7S2+. The summed E-state index contributed by atoms with van der Waals surface area (Å²) in [5.74, 6) is -13.8. The van der Waals surface area contributed by atoms with Gasteiger partial charge in [-0.3, -0.25) is 4.55 Å². The molecule has 0 spiro atoms. The van der Waals surface area contributed by atoms with Gasteiger partial charge in [-0.2, -0.15) is 34.8 Å². The molecule has 1 aliphatic heterocycles. The Hall–Kier alpha value is -3.11. The molecule has 1 N–H and O–H groups in total. The summed E-state index contributed by atoms with van der Waals surface area (Å²) in [5, 5.41) is -5.19. The van der Waals surface area contributed by atoms with Crippen LogP contribution in [0.4, 0.5) is 26.3 Å². The van der Waals surface area contributed by atoms with Gasteiger partial charge in [-0.15, -0.1) is 0 Å². The predicted molar refractivity (Wildman–Crippen MR) is 133 cm³/mol. The van der Waals surface area contributed by atoms with Crippen molar-refractivity contribution in [2.45, 2.75) is 44.5 Å². The average Bonchev–Trinajstić information content (AvgIpc) is 3.00. The molecule has 0 saturated carbocycles. The molecule has 7 nitrogen and oxygen atoms in total. The van der Waals surface area contributed by atoms with Crippen molar-refractivity contribution < 1.29 is 58.3 Å². The highest BCUT2D eigenvalue weighted by Gasteiger charge is 2.60. The largest absolute Gasteiger partial charge is 0.466 e. The van der Waals surface area contributed by atoms with Crippen LogP contribution in [-0.2, 0) is 41.1 Å². The number of carbonyl (C=O) groups is 1. The van der Waals surface area contributed by atoms with Crippen LogP contribution in [-0.4, -0.2) is 49.3 Å². The molecule has 0 bridgehead atoms. The van der Waals surface area contributed by atoms with E-state index in [1.807, 2.05) is 0 Å². The molecule has 1 aliphatic rings. The topological polar surface area (TPSA) is 99.1 Å². The van der Waals surface area contributed by atoms with Gasteiger partial charge in [0.15, 0.2) is 20.5 Å². The molecule has 4 rings (SSSR count). The van der Waals surface area contributed by atoms with Gasteiger partial charge in [0.05, 0.1) is 10.9 Å². The van der Waals surface area contributed by atoms with Crippen LogP contribution in [0.3, 0.4) is 0 Å². The summed E-state index contributed by atoms with van der Waals surface area (Å²) >= 11 is 0. The minimum atomic E-state index is -6.06. The van der Waals surface area contributed by atoms with Crippen LogP contribution >= 0.6 is 0 Å². The lowest BCUT2D eigenvalue weighted by atomic mass is 10.1. The molecule has 41 heavy (non-hydrogen) atoms. The molecule has 0 aromatic heterocycles. The molecule has 1 heterocycles. The Kier molecular flexibility index (Phi) is 8.23. The molecule has 1 saturated heterocycles. The second kappa shape index (κ2) is 10.9. The van der Waals surface area contributed by atoms with Crippen molar-refractivity contribution in [2.75, 3.05) is 13.2 Å². The zero-order valence-electron chi connectivity index (χ0n) is 20.9. The molecule has 0 radical (unpaired) electrons. The lowest BCUT2D eigenvalue weighted by molar-refractivity contribution is -0.233. The number of hydrogen-bond donors (Lipinski definition) is 1. The Bertz CT molecular complexity index is 1500. The van der Waals surface area contributed by atoms with E-state index in [0.29, 0.717) is 9.79 Å². The van der Waals surface area contributed by atoms with Crippen molar-refractivity contribution in [2.24, 2.45) is 0 Å². The first-order chi connectivity index (χ1) is 19.0. The molecule has 3 aromatic rings. The van der Waals surface area contributed by atoms with Gasteiger partial charge in [0.25, 0.3) is 0 Å². The molecular weight excluding hydrogens is 602 g/mol. The molecule has 3 aromatic carbocycles. The Labute approximate surface area is 233 Å². The quantitative estimate of drug-likeness (QED) is 0.119. The fourth-order valence-corrected chi connectivity index (χ4v) is 6.03. The molecule has 220 valence electrons. The van der Waals surface area contributed by atoms with E-state index in [0.717, 1.165) is 17.0 Å². The number of benzene rings is 3. The van der Waals surface area contributed by atoms with E-state index < -0.39 is 68.8 Å². The van der Waals surface area contributed by atoms with Gasteiger partial charge in [-0.05, 0) is 49.4 Å². The summed E-state index contributed by atoms with van der Waals surface area (Å²) in [5.41, 5.74) is 0.176. The average molecular weight is 624 g/mol. The number of hydrogen-bond acceptors (Lipinski definition) is 6. The highest BCUT2D eigenvalue weighted by atomic mass is 32.2. The van der Waals surface area contributed by atoms with Crippen molar-refractivity contribution in [1.29, 1.82) is 0 Å². The lowest BCUT2D eigenvalue weighted by Gasteiger charge is -2.28. The maximum atomic E-state index is 13.9. The number of rotatable bonds is 7. The molecule has 15 heteroatoms. The summed E-state index contributed by atoms with van der Waals surface area (Å²) in [4.78, 5) is 13.5. The zero-order chi connectivity index (χ0) is 30.3. The summed E-state index contributed by atoms with van der Waals surface area (Å²) in [6.07, 6.45) is 0. The van der Waals surface area contributed by atoms with E-state index in [-0.39, 0.29) is 5.56 Å². The standard InChI is InChI=1S/C26H20F6O7S2/c1-23(37-15-24(27,28)25(29,30)16-38-23)17-6-5-9-21(14-17)40(19-7-3-2-4-8-19)20-12-10-18(11-13-20)39-22(33)26(31,32)41(34,35)36/h2-14H,15-16H2,1H3/p+1. The van der Waals surface area contributed by atoms with Crippen LogP contribution in [0.1, 0.15) is 12.5 Å². The van der Waals surface area contributed by atoms with Crippen molar-refractivity contribution in [3.05, 3.63) is 84.4 Å². The van der Waals surface area contributed by atoms with Gasteiger partial charge < -0.3 is 14.2 Å². The van der Waals surface area contributed by atoms with Gasteiger partial charge >= 0.3 is 33.2 Å². The van der Waals surface area contributed by atoms with E-state index >= 15 is 0 Å². The smallest absolute Gasteiger partial charge is 0.421 e. The van der Waals surface area contributed by atoms with Crippen LogP contribution in [0.5, 0.6) is 5.75 Å². The monoisotopic (exact) mass is 623 g/mol. The third-order valence-electron chi connectivity index (χ3n) is 6.00. The third-order valence-corrected chi connectivity index (χ3v) is 9.02. The first-order valence-electron chi connectivity index (χ1n) is 11.6. The molecule has 1 fully saturated rings. The normalized spacial score (nSPS) is 19.1. The first kappa shape index (κ1) is 30.8. The van der Waals surface area contributed by atoms with Gasteiger partial charge in [0, 0.05) is 11.6 Å². The van der Waals surface area contributed by atoms with Crippen LogP contribution in [0.2, 0.25) is 0 Å². The van der Waals surface area contributed by atoms with Crippen LogP contribution < -0.4 is 4.74 Å². The minimum Gasteiger partial charge on any atom is -0.421 e. The molecule has 0 amide bonds. The number of halogens is 6. The van der Waals surface area contributed by atoms with Crippen molar-refractivity contribution >= 4 is 27.0 Å². The third kappa shape index (κ3) is 6.23. The van der Waals surface area contributed by atoms with Crippen molar-refractivity contribution in [3.63, 3.8) is 0 Å². The van der Waals surface area contributed by atoms with Crippen LogP contribution in [0.25, 0.3) is 0 Å². The molecule has 1 unspecified atom stereocenters. The molecule has 1 atom stereocenters. The van der Waals surface area contributed by atoms with Gasteiger partial charge in [-0.25, -0.2) is 4.79 Å². The van der Waals surface area contributed by atoms with E-state index in [1.54, 1.807) is 42.5 Å². The van der Waals surface area contributed by atoms with Crippen LogP contribution in [0, 0.1) is 0 Å². The highest BCUT2D eigenvalue weighted by Crippen LogP contribution is 2.43.